The second-order valence-corrected chi connectivity index (χ2v) is 11.8. The largest absolute Gasteiger partial charge is 0.379 e. The molecule has 9 nitrogen and oxygen atoms in total. The highest BCUT2D eigenvalue weighted by molar-refractivity contribution is 7.89. The number of ether oxygens (including phenoxy) is 1. The highest BCUT2D eigenvalue weighted by atomic mass is 32.2. The molecule has 4 rings (SSSR count). The average molecular weight is 494 g/mol. The fourth-order valence-electron chi connectivity index (χ4n) is 3.87. The lowest BCUT2D eigenvalue weighted by Gasteiger charge is -2.26. The van der Waals surface area contributed by atoms with Gasteiger partial charge in [0, 0.05) is 37.4 Å². The van der Waals surface area contributed by atoms with Crippen LogP contribution in [0.4, 0.5) is 5.69 Å². The molecule has 2 fully saturated rings. The molecule has 0 spiro atoms. The molecule has 2 aliphatic heterocycles. The molecular formula is C22H27N3O6S2. The van der Waals surface area contributed by atoms with E-state index in [0.29, 0.717) is 50.6 Å². The summed E-state index contributed by atoms with van der Waals surface area (Å²) < 4.78 is 59.0. The Bertz CT molecular complexity index is 1200. The Morgan fingerprint density at radius 1 is 0.818 bits per heavy atom. The Morgan fingerprint density at radius 2 is 1.42 bits per heavy atom. The number of ketones is 1. The predicted molar refractivity (Wildman–Crippen MR) is 123 cm³/mol. The van der Waals surface area contributed by atoms with Crippen molar-refractivity contribution >= 4 is 31.5 Å². The van der Waals surface area contributed by atoms with Crippen LogP contribution in [0.3, 0.4) is 0 Å². The third-order valence-electron chi connectivity index (χ3n) is 5.77. The Labute approximate surface area is 194 Å². The minimum atomic E-state index is -3.60. The van der Waals surface area contributed by atoms with Crippen LogP contribution in [0.2, 0.25) is 0 Å². The highest BCUT2D eigenvalue weighted by Crippen LogP contribution is 2.22. The van der Waals surface area contributed by atoms with Crippen molar-refractivity contribution in [3.63, 3.8) is 0 Å². The van der Waals surface area contributed by atoms with E-state index in [-0.39, 0.29) is 22.1 Å². The molecule has 0 aromatic heterocycles. The van der Waals surface area contributed by atoms with Crippen LogP contribution in [0.5, 0.6) is 0 Å². The minimum Gasteiger partial charge on any atom is -0.379 e. The van der Waals surface area contributed by atoms with Crippen LogP contribution in [0.1, 0.15) is 23.2 Å². The molecule has 11 heteroatoms. The van der Waals surface area contributed by atoms with Crippen molar-refractivity contribution in [3.8, 4) is 0 Å². The average Bonchev–Trinajstić information content (AvgIpc) is 3.39. The second kappa shape index (κ2) is 9.90. The van der Waals surface area contributed by atoms with Crippen LogP contribution < -0.4 is 5.32 Å². The second-order valence-electron chi connectivity index (χ2n) is 7.96. The first kappa shape index (κ1) is 23.8. The van der Waals surface area contributed by atoms with E-state index in [2.05, 4.69) is 5.32 Å². The molecule has 2 saturated heterocycles. The lowest BCUT2D eigenvalue weighted by molar-refractivity contribution is 0.0730. The van der Waals surface area contributed by atoms with Gasteiger partial charge in [0.05, 0.1) is 29.5 Å². The number of hydrogen-bond acceptors (Lipinski definition) is 7. The van der Waals surface area contributed by atoms with Crippen molar-refractivity contribution in [2.45, 2.75) is 22.6 Å². The first-order valence-corrected chi connectivity index (χ1v) is 13.7. The fourth-order valence-corrected chi connectivity index (χ4v) is 6.84. The van der Waals surface area contributed by atoms with Crippen LogP contribution >= 0.6 is 0 Å². The van der Waals surface area contributed by atoms with Crippen molar-refractivity contribution in [2.75, 3.05) is 51.3 Å². The topological polar surface area (TPSA) is 113 Å². The van der Waals surface area contributed by atoms with E-state index >= 15 is 0 Å². The van der Waals surface area contributed by atoms with Crippen molar-refractivity contribution in [1.82, 2.24) is 8.61 Å². The molecule has 178 valence electrons. The van der Waals surface area contributed by atoms with Gasteiger partial charge in [0.25, 0.3) is 0 Å². The number of carbonyl (C=O) groups is 1. The molecule has 2 heterocycles. The van der Waals surface area contributed by atoms with E-state index in [4.69, 9.17) is 4.74 Å². The summed E-state index contributed by atoms with van der Waals surface area (Å²) in [5.41, 5.74) is 0.888. The van der Waals surface area contributed by atoms with Gasteiger partial charge in [0.1, 0.15) is 0 Å². The van der Waals surface area contributed by atoms with Gasteiger partial charge in [-0.25, -0.2) is 16.8 Å². The summed E-state index contributed by atoms with van der Waals surface area (Å²) in [6, 6.07) is 12.3. The summed E-state index contributed by atoms with van der Waals surface area (Å²) in [5, 5.41) is 2.98. The number of anilines is 1. The maximum atomic E-state index is 12.8. The monoisotopic (exact) mass is 493 g/mol. The van der Waals surface area contributed by atoms with Crippen LogP contribution in [0.25, 0.3) is 0 Å². The summed E-state index contributed by atoms with van der Waals surface area (Å²) >= 11 is 0. The Balaban J connectivity index is 1.40. The summed E-state index contributed by atoms with van der Waals surface area (Å²) in [4.78, 5) is 13.0. The Kier molecular flexibility index (Phi) is 7.15. The molecule has 2 aromatic carbocycles. The van der Waals surface area contributed by atoms with E-state index < -0.39 is 20.0 Å². The third kappa shape index (κ3) is 5.28. The molecule has 0 atom stereocenters. The summed E-state index contributed by atoms with van der Waals surface area (Å²) in [6.07, 6.45) is 1.68. The molecule has 0 bridgehead atoms. The molecule has 0 saturated carbocycles. The number of nitrogens with one attached hydrogen (secondary N) is 1. The van der Waals surface area contributed by atoms with Gasteiger partial charge in [-0.3, -0.25) is 4.79 Å². The van der Waals surface area contributed by atoms with E-state index in [0.717, 1.165) is 12.8 Å². The van der Waals surface area contributed by atoms with Crippen molar-refractivity contribution in [1.29, 1.82) is 0 Å². The van der Waals surface area contributed by atoms with Crippen molar-refractivity contribution < 1.29 is 26.4 Å². The first-order chi connectivity index (χ1) is 15.8. The lowest BCUT2D eigenvalue weighted by Crippen LogP contribution is -2.40. The third-order valence-corrected chi connectivity index (χ3v) is 9.58. The number of morpholine rings is 1. The number of carbonyl (C=O) groups excluding carboxylic acids is 1. The standard InChI is InChI=1S/C22H27N3O6S2/c26-22(18-4-3-5-21(16-18)33(29,30)24-10-1-2-11-24)17-23-19-6-8-20(9-7-19)32(27,28)25-12-14-31-15-13-25/h3-9,16,23H,1-2,10-15,17H2. The van der Waals surface area contributed by atoms with Crippen LogP contribution in [0.15, 0.2) is 58.3 Å². The summed E-state index contributed by atoms with van der Waals surface area (Å²) in [6.45, 7) is 2.34. The molecule has 2 aliphatic rings. The summed E-state index contributed by atoms with van der Waals surface area (Å²) in [5.74, 6) is -0.265. The quantitative estimate of drug-likeness (QED) is 0.558. The molecule has 0 amide bonds. The Hall–Kier alpha value is -2.31. The van der Waals surface area contributed by atoms with Gasteiger partial charge < -0.3 is 10.1 Å². The van der Waals surface area contributed by atoms with Crippen LogP contribution in [-0.2, 0) is 24.8 Å². The highest BCUT2D eigenvalue weighted by Gasteiger charge is 2.28. The molecule has 33 heavy (non-hydrogen) atoms. The van der Waals surface area contributed by atoms with Crippen LogP contribution in [0, 0.1) is 0 Å². The van der Waals surface area contributed by atoms with E-state index in [1.807, 2.05) is 0 Å². The van der Waals surface area contributed by atoms with Gasteiger partial charge in [-0.05, 0) is 49.2 Å². The zero-order valence-corrected chi connectivity index (χ0v) is 19.8. The number of nitrogens with zero attached hydrogens (tertiary/aromatic N) is 2. The van der Waals surface area contributed by atoms with Crippen LogP contribution in [-0.4, -0.2) is 77.2 Å². The van der Waals surface area contributed by atoms with E-state index in [1.165, 1.54) is 32.9 Å². The SMILES string of the molecule is O=C(CNc1ccc(S(=O)(=O)N2CCOCC2)cc1)c1cccc(S(=O)(=O)N2CCCC2)c1. The molecular weight excluding hydrogens is 466 g/mol. The van der Waals surface area contributed by atoms with Gasteiger partial charge in [0.15, 0.2) is 5.78 Å². The number of sulfonamides is 2. The van der Waals surface area contributed by atoms with Gasteiger partial charge in [0.2, 0.25) is 20.0 Å². The predicted octanol–water partition coefficient (Wildman–Crippen LogP) is 1.79. The maximum absolute atomic E-state index is 12.8. The van der Waals surface area contributed by atoms with Crippen molar-refractivity contribution in [3.05, 3.63) is 54.1 Å². The normalized spacial score (nSPS) is 18.3. The first-order valence-electron chi connectivity index (χ1n) is 10.8. The van der Waals surface area contributed by atoms with E-state index in [9.17, 15) is 21.6 Å². The molecule has 1 N–H and O–H groups in total. The zero-order chi connectivity index (χ0) is 23.5. The minimum absolute atomic E-state index is 0.0528. The van der Waals surface area contributed by atoms with Gasteiger partial charge >= 0.3 is 0 Å². The van der Waals surface area contributed by atoms with E-state index in [1.54, 1.807) is 24.3 Å². The Morgan fingerprint density at radius 3 is 2.09 bits per heavy atom. The number of Topliss-reactive ketones (excluding diaryl/α,β-unsaturated/α-hetero) is 1. The zero-order valence-electron chi connectivity index (χ0n) is 18.1. The molecule has 2 aromatic rings. The maximum Gasteiger partial charge on any atom is 0.243 e. The smallest absolute Gasteiger partial charge is 0.243 e. The number of rotatable bonds is 8. The molecule has 0 aliphatic carbocycles. The summed E-state index contributed by atoms with van der Waals surface area (Å²) in [7, 11) is -7.18. The molecule has 0 unspecified atom stereocenters. The number of benzene rings is 2. The van der Waals surface area contributed by atoms with Crippen molar-refractivity contribution in [2.24, 2.45) is 0 Å². The van der Waals surface area contributed by atoms with Gasteiger partial charge in [-0.1, -0.05) is 12.1 Å². The fraction of sp³-hybridized carbons (Fsp3) is 0.409. The number of hydrogen-bond donors (Lipinski definition) is 1. The lowest BCUT2D eigenvalue weighted by atomic mass is 10.1. The molecule has 0 radical (unpaired) electrons. The van der Waals surface area contributed by atoms with Gasteiger partial charge in [-0.2, -0.15) is 8.61 Å². The van der Waals surface area contributed by atoms with Gasteiger partial charge in [-0.15, -0.1) is 0 Å².